The summed E-state index contributed by atoms with van der Waals surface area (Å²) in [4.78, 5) is 35.3. The summed E-state index contributed by atoms with van der Waals surface area (Å²) >= 11 is 0. The molecule has 174 valence electrons. The molecule has 4 amide bonds. The number of nitrogens with one attached hydrogen (secondary N) is 3. The minimum Gasteiger partial charge on any atom is -0.392 e. The molecule has 9 N–H and O–H groups in total. The fraction of sp³-hybridized carbons (Fsp3) is 0.500. The lowest BCUT2D eigenvalue weighted by atomic mass is 10.0. The molecule has 0 heterocycles. The highest BCUT2D eigenvalue weighted by Gasteiger charge is 2.25. The summed E-state index contributed by atoms with van der Waals surface area (Å²) in [6, 6.07) is 0.941. The van der Waals surface area contributed by atoms with E-state index in [-0.39, 0.29) is 30.1 Å². The zero-order valence-electron chi connectivity index (χ0n) is 17.3. The van der Waals surface area contributed by atoms with Gasteiger partial charge in [-0.2, -0.15) is 8.42 Å². The maximum Gasteiger partial charge on any atom is 0.312 e. The molecule has 1 aromatic carbocycles. The van der Waals surface area contributed by atoms with E-state index in [2.05, 4.69) is 16.0 Å². The predicted molar refractivity (Wildman–Crippen MR) is 112 cm³/mol. The lowest BCUT2D eigenvalue weighted by Gasteiger charge is -2.22. The molecule has 0 aliphatic rings. The Morgan fingerprint density at radius 2 is 1.81 bits per heavy atom. The molecule has 0 aliphatic heterocycles. The standard InChI is InChI=1S/C18H29N5O7S/c1-10(2)15(19)17(26)23-13(4-3-7-21-18(20)27)16(25)22-12-6-5-11(9-24)14(8-12)31(28,29)30/h5-6,8,10,13,15,24H,3-4,7,9,19H2,1-2H3,(H,22,25)(H,23,26)(H3,20,21,27)(H,28,29,30). The summed E-state index contributed by atoms with van der Waals surface area (Å²) < 4.78 is 32.4. The third-order valence-electron chi connectivity index (χ3n) is 4.41. The third kappa shape index (κ3) is 8.49. The van der Waals surface area contributed by atoms with Crippen molar-refractivity contribution in [1.29, 1.82) is 0 Å². The molecule has 2 atom stereocenters. The van der Waals surface area contributed by atoms with Crippen LogP contribution < -0.4 is 27.4 Å². The Bertz CT molecular complexity index is 905. The highest BCUT2D eigenvalue weighted by atomic mass is 32.2. The van der Waals surface area contributed by atoms with E-state index < -0.39 is 51.5 Å². The number of aliphatic hydroxyl groups excluding tert-OH is 1. The van der Waals surface area contributed by atoms with E-state index in [1.807, 2.05) is 0 Å². The van der Waals surface area contributed by atoms with Gasteiger partial charge in [0.1, 0.15) is 10.9 Å². The molecule has 0 saturated heterocycles. The Morgan fingerprint density at radius 1 is 1.16 bits per heavy atom. The van der Waals surface area contributed by atoms with Crippen LogP contribution in [0.25, 0.3) is 0 Å². The number of primary amides is 1. The Kier molecular flexibility index (Phi) is 9.84. The van der Waals surface area contributed by atoms with Gasteiger partial charge >= 0.3 is 6.03 Å². The van der Waals surface area contributed by atoms with E-state index in [1.165, 1.54) is 12.1 Å². The second-order valence-corrected chi connectivity index (χ2v) is 8.60. The van der Waals surface area contributed by atoms with Crippen LogP contribution in [0, 0.1) is 5.92 Å². The number of amides is 4. The van der Waals surface area contributed by atoms with Crippen LogP contribution in [0.2, 0.25) is 0 Å². The molecule has 0 radical (unpaired) electrons. The molecule has 2 unspecified atom stereocenters. The van der Waals surface area contributed by atoms with Gasteiger partial charge in [0.25, 0.3) is 10.1 Å². The van der Waals surface area contributed by atoms with Crippen LogP contribution in [-0.2, 0) is 26.3 Å². The van der Waals surface area contributed by atoms with E-state index in [0.29, 0.717) is 6.42 Å². The molecule has 0 aliphatic carbocycles. The van der Waals surface area contributed by atoms with Gasteiger partial charge in [0.15, 0.2) is 0 Å². The Labute approximate surface area is 180 Å². The smallest absolute Gasteiger partial charge is 0.312 e. The molecule has 13 heteroatoms. The number of nitrogens with two attached hydrogens (primary N) is 2. The van der Waals surface area contributed by atoms with E-state index in [0.717, 1.165) is 6.07 Å². The van der Waals surface area contributed by atoms with Gasteiger partial charge < -0.3 is 32.5 Å². The van der Waals surface area contributed by atoms with Crippen molar-refractivity contribution in [3.05, 3.63) is 23.8 Å². The number of carbonyl (C=O) groups is 3. The first kappa shape index (κ1) is 26.3. The van der Waals surface area contributed by atoms with Gasteiger partial charge in [-0.15, -0.1) is 0 Å². The van der Waals surface area contributed by atoms with Crippen molar-refractivity contribution in [1.82, 2.24) is 10.6 Å². The van der Waals surface area contributed by atoms with Gasteiger partial charge in [-0.1, -0.05) is 19.9 Å². The Balaban J connectivity index is 3.02. The third-order valence-corrected chi connectivity index (χ3v) is 5.34. The summed E-state index contributed by atoms with van der Waals surface area (Å²) in [7, 11) is -4.64. The highest BCUT2D eigenvalue weighted by Crippen LogP contribution is 2.21. The molecule has 31 heavy (non-hydrogen) atoms. The van der Waals surface area contributed by atoms with Crippen LogP contribution in [0.4, 0.5) is 10.5 Å². The van der Waals surface area contributed by atoms with Crippen LogP contribution in [0.5, 0.6) is 0 Å². The maximum absolute atomic E-state index is 12.7. The van der Waals surface area contributed by atoms with Gasteiger partial charge in [-0.3, -0.25) is 14.1 Å². The van der Waals surface area contributed by atoms with Crippen LogP contribution in [-0.4, -0.2) is 54.6 Å². The summed E-state index contributed by atoms with van der Waals surface area (Å²) in [5.41, 5.74) is 10.8. The number of carbonyl (C=O) groups excluding carboxylic acids is 3. The molecule has 12 nitrogen and oxygen atoms in total. The second kappa shape index (κ2) is 11.6. The normalized spacial score (nSPS) is 13.4. The van der Waals surface area contributed by atoms with Gasteiger partial charge in [0, 0.05) is 12.2 Å². The Hall–Kier alpha value is -2.74. The van der Waals surface area contributed by atoms with Gasteiger partial charge in [0.2, 0.25) is 11.8 Å². The summed E-state index contributed by atoms with van der Waals surface area (Å²) in [5.74, 6) is -1.39. The van der Waals surface area contributed by atoms with E-state index in [4.69, 9.17) is 11.5 Å². The van der Waals surface area contributed by atoms with E-state index in [9.17, 15) is 32.5 Å². The molecule has 0 fully saturated rings. The number of urea groups is 1. The maximum atomic E-state index is 12.7. The first-order valence-electron chi connectivity index (χ1n) is 9.48. The highest BCUT2D eigenvalue weighted by molar-refractivity contribution is 7.85. The van der Waals surface area contributed by atoms with Crippen LogP contribution in [0.15, 0.2) is 23.1 Å². The molecule has 1 aromatic rings. The van der Waals surface area contributed by atoms with Crippen molar-refractivity contribution in [2.45, 2.75) is 50.3 Å². The number of anilines is 1. The number of hydrogen-bond donors (Lipinski definition) is 7. The second-order valence-electron chi connectivity index (χ2n) is 7.21. The molecule has 0 spiro atoms. The van der Waals surface area contributed by atoms with Crippen molar-refractivity contribution in [3.63, 3.8) is 0 Å². The van der Waals surface area contributed by atoms with Crippen molar-refractivity contribution in [2.75, 3.05) is 11.9 Å². The summed E-state index contributed by atoms with van der Waals surface area (Å²) in [6.07, 6.45) is 0.431. The van der Waals surface area contributed by atoms with Crippen molar-refractivity contribution in [3.8, 4) is 0 Å². The predicted octanol–water partition coefficient (Wildman–Crippen LogP) is -0.719. The molecular formula is C18H29N5O7S. The van der Waals surface area contributed by atoms with Crippen molar-refractivity contribution >= 4 is 33.7 Å². The SMILES string of the molecule is CC(C)C(N)C(=O)NC(CCCNC(N)=O)C(=O)Nc1ccc(CO)c(S(=O)(=O)O)c1. The molecule has 0 aromatic heterocycles. The molecular weight excluding hydrogens is 430 g/mol. The zero-order chi connectivity index (χ0) is 23.8. The fourth-order valence-corrected chi connectivity index (χ4v) is 3.33. The largest absolute Gasteiger partial charge is 0.392 e. The van der Waals surface area contributed by atoms with Crippen molar-refractivity contribution in [2.24, 2.45) is 17.4 Å². The Morgan fingerprint density at radius 3 is 2.32 bits per heavy atom. The lowest BCUT2D eigenvalue weighted by Crippen LogP contribution is -2.51. The zero-order valence-corrected chi connectivity index (χ0v) is 18.1. The average Bonchev–Trinajstić information content (AvgIpc) is 2.68. The van der Waals surface area contributed by atoms with Crippen LogP contribution in [0.3, 0.4) is 0 Å². The van der Waals surface area contributed by atoms with Crippen LogP contribution >= 0.6 is 0 Å². The van der Waals surface area contributed by atoms with E-state index in [1.54, 1.807) is 13.8 Å². The van der Waals surface area contributed by atoms with Gasteiger partial charge in [0.05, 0.1) is 12.6 Å². The summed E-state index contributed by atoms with van der Waals surface area (Å²) in [6.45, 7) is 3.02. The number of rotatable bonds is 11. The molecule has 0 saturated carbocycles. The number of aliphatic hydroxyl groups is 1. The van der Waals surface area contributed by atoms with E-state index >= 15 is 0 Å². The monoisotopic (exact) mass is 459 g/mol. The molecule has 0 bridgehead atoms. The number of benzene rings is 1. The number of hydrogen-bond acceptors (Lipinski definition) is 7. The minimum atomic E-state index is -4.64. The lowest BCUT2D eigenvalue weighted by molar-refractivity contribution is -0.128. The summed E-state index contributed by atoms with van der Waals surface area (Å²) in [5, 5.41) is 16.6. The van der Waals surface area contributed by atoms with Gasteiger partial charge in [-0.05, 0) is 36.5 Å². The first-order valence-corrected chi connectivity index (χ1v) is 10.9. The topological polar surface area (TPSA) is 214 Å². The van der Waals surface area contributed by atoms with Gasteiger partial charge in [-0.25, -0.2) is 4.79 Å². The average molecular weight is 460 g/mol. The quantitative estimate of drug-likeness (QED) is 0.165. The minimum absolute atomic E-state index is 0.0255. The van der Waals surface area contributed by atoms with Crippen LogP contribution in [0.1, 0.15) is 32.3 Å². The fourth-order valence-electron chi connectivity index (χ4n) is 2.59. The first-order chi connectivity index (χ1) is 14.4. The van der Waals surface area contributed by atoms with Crippen molar-refractivity contribution < 1.29 is 32.5 Å². The molecule has 1 rings (SSSR count).